The molecule has 0 aliphatic rings. The fourth-order valence-electron chi connectivity index (χ4n) is 1.80. The van der Waals surface area contributed by atoms with Crippen LogP contribution in [0.1, 0.15) is 20.8 Å². The van der Waals surface area contributed by atoms with Crippen molar-refractivity contribution in [2.24, 2.45) is 0 Å². The van der Waals surface area contributed by atoms with Gasteiger partial charge in [0.2, 0.25) is 5.91 Å². The minimum absolute atomic E-state index is 0.0569. The lowest BCUT2D eigenvalue weighted by molar-refractivity contribution is -0.149. The molecule has 0 unspecified atom stereocenters. The fourth-order valence-corrected chi connectivity index (χ4v) is 2.15. The molecule has 2 N–H and O–H groups in total. The zero-order valence-electron chi connectivity index (χ0n) is 12.1. The molecule has 5 nitrogen and oxygen atoms in total. The summed E-state index contributed by atoms with van der Waals surface area (Å²) in [7, 11) is 0. The first-order chi connectivity index (χ1) is 9.70. The average Bonchev–Trinajstić information content (AvgIpc) is 2.40. The molecule has 21 heavy (non-hydrogen) atoms. The van der Waals surface area contributed by atoms with E-state index >= 15 is 0 Å². The lowest BCUT2D eigenvalue weighted by atomic mass is 10.0. The number of hydrogen-bond acceptors (Lipinski definition) is 3. The summed E-state index contributed by atoms with van der Waals surface area (Å²) >= 11 is 11.9. The molecule has 116 valence electrons. The molecule has 1 rings (SSSR count). The van der Waals surface area contributed by atoms with Crippen molar-refractivity contribution >= 4 is 40.8 Å². The Morgan fingerprint density at radius 3 is 2.48 bits per heavy atom. The lowest BCUT2D eigenvalue weighted by Gasteiger charge is -2.33. The SMILES string of the molecule is CCN(CC(=O)Nc1cccc(Cl)c1Cl)C(C)(C)C(=O)O. The second-order valence-corrected chi connectivity index (χ2v) is 5.81. The number of nitrogens with one attached hydrogen (secondary N) is 1. The van der Waals surface area contributed by atoms with E-state index in [0.29, 0.717) is 17.3 Å². The number of aliphatic carboxylic acids is 1. The van der Waals surface area contributed by atoms with Gasteiger partial charge in [-0.1, -0.05) is 36.2 Å². The maximum Gasteiger partial charge on any atom is 0.323 e. The van der Waals surface area contributed by atoms with E-state index in [1.807, 2.05) is 0 Å². The molecule has 0 radical (unpaired) electrons. The zero-order valence-corrected chi connectivity index (χ0v) is 13.6. The van der Waals surface area contributed by atoms with Gasteiger partial charge in [0.25, 0.3) is 0 Å². The molecule has 0 fully saturated rings. The van der Waals surface area contributed by atoms with Crippen LogP contribution in [0, 0.1) is 0 Å². The van der Waals surface area contributed by atoms with Crippen molar-refractivity contribution in [1.29, 1.82) is 0 Å². The highest BCUT2D eigenvalue weighted by Gasteiger charge is 2.34. The van der Waals surface area contributed by atoms with Gasteiger partial charge in [0, 0.05) is 0 Å². The average molecular weight is 333 g/mol. The van der Waals surface area contributed by atoms with Crippen LogP contribution < -0.4 is 5.32 Å². The Morgan fingerprint density at radius 2 is 1.95 bits per heavy atom. The van der Waals surface area contributed by atoms with Crippen molar-refractivity contribution in [2.75, 3.05) is 18.4 Å². The first kappa shape index (κ1) is 17.8. The van der Waals surface area contributed by atoms with Crippen LogP contribution in [0.15, 0.2) is 18.2 Å². The van der Waals surface area contributed by atoms with Crippen molar-refractivity contribution in [1.82, 2.24) is 4.90 Å². The highest BCUT2D eigenvalue weighted by molar-refractivity contribution is 6.44. The summed E-state index contributed by atoms with van der Waals surface area (Å²) in [4.78, 5) is 24.9. The molecule has 0 aliphatic heterocycles. The normalized spacial score (nSPS) is 11.5. The molecule has 0 heterocycles. The van der Waals surface area contributed by atoms with Crippen LogP contribution in [-0.4, -0.2) is 40.5 Å². The number of benzene rings is 1. The molecular weight excluding hydrogens is 315 g/mol. The van der Waals surface area contributed by atoms with Crippen LogP contribution in [0.25, 0.3) is 0 Å². The highest BCUT2D eigenvalue weighted by Crippen LogP contribution is 2.29. The molecule has 0 aromatic heterocycles. The van der Waals surface area contributed by atoms with Gasteiger partial charge in [-0.25, -0.2) is 0 Å². The third-order valence-electron chi connectivity index (χ3n) is 3.26. The molecule has 0 saturated heterocycles. The Balaban J connectivity index is 2.81. The molecule has 0 spiro atoms. The van der Waals surface area contributed by atoms with E-state index in [-0.39, 0.29) is 17.5 Å². The van der Waals surface area contributed by atoms with Crippen molar-refractivity contribution in [3.63, 3.8) is 0 Å². The molecule has 1 aromatic carbocycles. The number of carboxylic acid groups (broad SMARTS) is 1. The van der Waals surface area contributed by atoms with Gasteiger partial charge in [-0.05, 0) is 32.5 Å². The van der Waals surface area contributed by atoms with E-state index < -0.39 is 11.5 Å². The summed E-state index contributed by atoms with van der Waals surface area (Å²) in [6.45, 7) is 5.27. The Hall–Kier alpha value is -1.30. The monoisotopic (exact) mass is 332 g/mol. The Bertz CT molecular complexity index is 547. The second kappa shape index (κ2) is 7.11. The third-order valence-corrected chi connectivity index (χ3v) is 4.07. The minimum atomic E-state index is -1.13. The van der Waals surface area contributed by atoms with Gasteiger partial charge in [0.15, 0.2) is 0 Å². The van der Waals surface area contributed by atoms with Gasteiger partial charge in [0.05, 0.1) is 22.3 Å². The van der Waals surface area contributed by atoms with Gasteiger partial charge in [0.1, 0.15) is 5.54 Å². The van der Waals surface area contributed by atoms with Crippen molar-refractivity contribution in [2.45, 2.75) is 26.3 Å². The third kappa shape index (κ3) is 4.33. The molecule has 0 saturated carbocycles. The number of amides is 1. The number of carboxylic acids is 1. The number of nitrogens with zero attached hydrogens (tertiary/aromatic N) is 1. The predicted octanol–water partition coefficient (Wildman–Crippen LogP) is 3.12. The summed E-state index contributed by atoms with van der Waals surface area (Å²) < 4.78 is 0. The van der Waals surface area contributed by atoms with Gasteiger partial charge < -0.3 is 10.4 Å². The van der Waals surface area contributed by atoms with Crippen LogP contribution in [0.4, 0.5) is 5.69 Å². The van der Waals surface area contributed by atoms with Crippen LogP contribution in [0.3, 0.4) is 0 Å². The summed E-state index contributed by atoms with van der Waals surface area (Å²) in [6, 6.07) is 4.92. The summed E-state index contributed by atoms with van der Waals surface area (Å²) in [5, 5.41) is 12.4. The van der Waals surface area contributed by atoms with Crippen LogP contribution in [0.2, 0.25) is 10.0 Å². The number of likely N-dealkylation sites (N-methyl/N-ethyl adjacent to an activating group) is 1. The van der Waals surface area contributed by atoms with Crippen molar-refractivity contribution < 1.29 is 14.7 Å². The maximum atomic E-state index is 12.1. The number of halogens is 2. The van der Waals surface area contributed by atoms with E-state index in [4.69, 9.17) is 23.2 Å². The summed E-state index contributed by atoms with van der Waals surface area (Å²) in [6.07, 6.45) is 0. The molecule has 7 heteroatoms. The van der Waals surface area contributed by atoms with E-state index in [9.17, 15) is 14.7 Å². The fraction of sp³-hybridized carbons (Fsp3) is 0.429. The van der Waals surface area contributed by atoms with Gasteiger partial charge in [-0.3, -0.25) is 14.5 Å². The van der Waals surface area contributed by atoms with E-state index in [1.54, 1.807) is 43.9 Å². The van der Waals surface area contributed by atoms with Gasteiger partial charge in [-0.15, -0.1) is 0 Å². The number of carbonyl (C=O) groups excluding carboxylic acids is 1. The highest BCUT2D eigenvalue weighted by atomic mass is 35.5. The Labute approximate surface area is 133 Å². The van der Waals surface area contributed by atoms with Crippen LogP contribution in [-0.2, 0) is 9.59 Å². The second-order valence-electron chi connectivity index (χ2n) is 5.03. The van der Waals surface area contributed by atoms with Gasteiger partial charge in [-0.2, -0.15) is 0 Å². The first-order valence-electron chi connectivity index (χ1n) is 6.42. The van der Waals surface area contributed by atoms with E-state index in [2.05, 4.69) is 5.32 Å². The molecule has 0 aliphatic carbocycles. The number of carbonyl (C=O) groups is 2. The molecule has 0 atom stereocenters. The van der Waals surface area contributed by atoms with Crippen LogP contribution in [0.5, 0.6) is 0 Å². The number of rotatable bonds is 6. The van der Waals surface area contributed by atoms with Crippen LogP contribution >= 0.6 is 23.2 Å². The molecular formula is C14H18Cl2N2O3. The number of anilines is 1. The summed E-state index contributed by atoms with van der Waals surface area (Å²) in [5.74, 6) is -1.34. The molecule has 0 bridgehead atoms. The summed E-state index contributed by atoms with van der Waals surface area (Å²) in [5.41, 5.74) is -0.733. The maximum absolute atomic E-state index is 12.1. The Kier molecular flexibility index (Phi) is 6.01. The predicted molar refractivity (Wildman–Crippen MR) is 84.1 cm³/mol. The van der Waals surface area contributed by atoms with Gasteiger partial charge >= 0.3 is 5.97 Å². The molecule has 1 amide bonds. The number of hydrogen-bond donors (Lipinski definition) is 2. The molecule has 1 aromatic rings. The quantitative estimate of drug-likeness (QED) is 0.839. The van der Waals surface area contributed by atoms with E-state index in [1.165, 1.54) is 0 Å². The zero-order chi connectivity index (χ0) is 16.2. The minimum Gasteiger partial charge on any atom is -0.480 e. The lowest BCUT2D eigenvalue weighted by Crippen LogP contribution is -2.52. The topological polar surface area (TPSA) is 69.6 Å². The largest absolute Gasteiger partial charge is 0.480 e. The standard InChI is InChI=1S/C14H18Cl2N2O3/c1-4-18(14(2,3)13(20)21)8-11(19)17-10-7-5-6-9(15)12(10)16/h5-7H,4,8H2,1-3H3,(H,17,19)(H,20,21). The van der Waals surface area contributed by atoms with E-state index in [0.717, 1.165) is 0 Å². The van der Waals surface area contributed by atoms with Crippen molar-refractivity contribution in [3.8, 4) is 0 Å². The Morgan fingerprint density at radius 1 is 1.33 bits per heavy atom. The smallest absolute Gasteiger partial charge is 0.323 e. The first-order valence-corrected chi connectivity index (χ1v) is 7.18. The van der Waals surface area contributed by atoms with Crippen molar-refractivity contribution in [3.05, 3.63) is 28.2 Å².